The van der Waals surface area contributed by atoms with E-state index in [9.17, 15) is 33.9 Å². The van der Waals surface area contributed by atoms with Gasteiger partial charge in [-0.25, -0.2) is 4.98 Å². The van der Waals surface area contributed by atoms with Gasteiger partial charge in [-0.15, -0.1) is 11.3 Å². The maximum atomic E-state index is 14.1. The average Bonchev–Trinajstić information content (AvgIpc) is 4.04. The molecule has 1 fully saturated rings. The van der Waals surface area contributed by atoms with Gasteiger partial charge in [0, 0.05) is 44.8 Å². The molecule has 8 N–H and O–H groups in total. The Balaban J connectivity index is 0.847. The standard InChI is InChI=1S/C53H68N8O7S/c1-32-47(69-31-57-32)37-21-19-35(20-22-37)29-56-49(65)42-28-40(62)30-60(42)52(68)48(53(2,3)4)59-45(64)14-6-5-9-33-15-17-34(18-16-33)10-7-13-39(24-26-44(55)63)58-50(66)43-27-38-12-8-11-36-23-25-41(54)51(67)61(43)46(36)38/h8,11-12,15-22,31,39-43,48,62H,5-7,9-10,13-14,23-30,54H2,1-4H3,(H2,55,63)(H,56,65)(H,58,66)(H,59,64)/t39-,40-,41+,42+,43+,48?/m1/s1. The van der Waals surface area contributed by atoms with Crippen LogP contribution in [0.5, 0.6) is 0 Å². The van der Waals surface area contributed by atoms with E-state index in [0.717, 1.165) is 75.3 Å². The number of carbonyl (C=O) groups is 6. The van der Waals surface area contributed by atoms with Crippen LogP contribution in [0.3, 0.4) is 0 Å². The highest BCUT2D eigenvalue weighted by Gasteiger charge is 2.45. The van der Waals surface area contributed by atoms with E-state index in [1.54, 1.807) is 16.2 Å². The number of rotatable bonds is 20. The number of amides is 6. The van der Waals surface area contributed by atoms with Crippen LogP contribution in [0.4, 0.5) is 5.69 Å². The minimum absolute atomic E-state index is 0.00694. The van der Waals surface area contributed by atoms with Crippen molar-refractivity contribution in [1.29, 1.82) is 0 Å². The van der Waals surface area contributed by atoms with Crippen molar-refractivity contribution in [2.45, 2.75) is 154 Å². The monoisotopic (exact) mass is 960 g/mol. The fraction of sp³-hybridized carbons (Fsp3) is 0.491. The molecular formula is C53H68N8O7S. The van der Waals surface area contributed by atoms with Crippen LogP contribution in [0.1, 0.15) is 112 Å². The summed E-state index contributed by atoms with van der Waals surface area (Å²) in [4.78, 5) is 88.3. The summed E-state index contributed by atoms with van der Waals surface area (Å²) in [6, 6.07) is 18.7. The Kier molecular flexibility index (Phi) is 16.7. The number of nitrogens with one attached hydrogen (secondary N) is 3. The van der Waals surface area contributed by atoms with Gasteiger partial charge >= 0.3 is 0 Å². The van der Waals surface area contributed by atoms with Crippen molar-refractivity contribution in [2.75, 3.05) is 11.4 Å². The highest BCUT2D eigenvalue weighted by molar-refractivity contribution is 7.13. The van der Waals surface area contributed by atoms with Gasteiger partial charge in [-0.2, -0.15) is 0 Å². The molecule has 1 saturated heterocycles. The van der Waals surface area contributed by atoms with Crippen LogP contribution >= 0.6 is 11.3 Å². The minimum atomic E-state index is -0.895. The third-order valence-electron chi connectivity index (χ3n) is 13.7. The number of aliphatic hydroxyl groups is 1. The lowest BCUT2D eigenvalue weighted by atomic mass is 9.85. The van der Waals surface area contributed by atoms with Crippen molar-refractivity contribution in [3.8, 4) is 10.4 Å². The second-order valence-corrected chi connectivity index (χ2v) is 20.9. The smallest absolute Gasteiger partial charge is 0.246 e. The number of hydrogen-bond acceptors (Lipinski definition) is 10. The van der Waals surface area contributed by atoms with Gasteiger partial charge in [0.2, 0.25) is 35.4 Å². The number of β-amino-alcohol motifs (C(OH)–C–C–N with tert-alkyl or cyclic N) is 1. The number of aryl methyl sites for hydroxylation is 4. The van der Waals surface area contributed by atoms with E-state index in [-0.39, 0.29) is 62.0 Å². The fourth-order valence-electron chi connectivity index (χ4n) is 9.82. The molecule has 0 saturated carbocycles. The Morgan fingerprint density at radius 1 is 0.855 bits per heavy atom. The van der Waals surface area contributed by atoms with Gasteiger partial charge in [0.05, 0.1) is 33.9 Å². The molecule has 0 aliphatic carbocycles. The molecule has 3 aromatic carbocycles. The number of primary amides is 1. The molecule has 368 valence electrons. The summed E-state index contributed by atoms with van der Waals surface area (Å²) in [5, 5.41) is 19.7. The van der Waals surface area contributed by atoms with Crippen molar-refractivity contribution in [3.05, 3.63) is 106 Å². The number of carbonyl (C=O) groups excluding carboxylic acids is 6. The molecule has 6 amide bonds. The molecule has 1 unspecified atom stereocenters. The van der Waals surface area contributed by atoms with Crippen LogP contribution in [0, 0.1) is 12.3 Å². The molecule has 0 spiro atoms. The molecule has 3 aliphatic rings. The first-order valence-corrected chi connectivity index (χ1v) is 25.3. The van der Waals surface area contributed by atoms with E-state index >= 15 is 0 Å². The Morgan fingerprint density at radius 3 is 2.20 bits per heavy atom. The van der Waals surface area contributed by atoms with Crippen molar-refractivity contribution < 1.29 is 33.9 Å². The van der Waals surface area contributed by atoms with Crippen LogP contribution in [0.2, 0.25) is 0 Å². The molecule has 16 heteroatoms. The van der Waals surface area contributed by atoms with Gasteiger partial charge in [-0.3, -0.25) is 33.7 Å². The van der Waals surface area contributed by atoms with Gasteiger partial charge in [-0.05, 0) is 104 Å². The molecule has 4 heterocycles. The van der Waals surface area contributed by atoms with Crippen molar-refractivity contribution >= 4 is 52.5 Å². The maximum absolute atomic E-state index is 14.1. The Labute approximate surface area is 409 Å². The van der Waals surface area contributed by atoms with Gasteiger partial charge in [0.25, 0.3) is 0 Å². The number of aliphatic hydroxyl groups excluding tert-OH is 1. The second-order valence-electron chi connectivity index (χ2n) is 20.1. The lowest BCUT2D eigenvalue weighted by Gasteiger charge is -2.35. The predicted octanol–water partition coefficient (Wildman–Crippen LogP) is 4.94. The molecular weight excluding hydrogens is 893 g/mol. The molecule has 6 atom stereocenters. The SMILES string of the molecule is Cc1ncsc1-c1ccc(CNC(=O)[C@@H]2C[C@@H](O)CN2C(=O)C(NC(=O)CCCCc2ccc(CCC[C@H](CCC(N)=O)NC(=O)[C@@H]3Cc4cccc5c4N3C(=O)[C@@H](N)CC5)cc2)C(C)(C)C)cc1. The fourth-order valence-corrected chi connectivity index (χ4v) is 10.6. The van der Waals surface area contributed by atoms with E-state index in [4.69, 9.17) is 11.5 Å². The first-order chi connectivity index (χ1) is 33.0. The highest BCUT2D eigenvalue weighted by Crippen LogP contribution is 2.39. The van der Waals surface area contributed by atoms with Gasteiger partial charge in [0.1, 0.15) is 18.1 Å². The quantitative estimate of drug-likeness (QED) is 0.0658. The maximum Gasteiger partial charge on any atom is 0.246 e. The molecule has 3 aliphatic heterocycles. The van der Waals surface area contributed by atoms with E-state index in [0.29, 0.717) is 38.5 Å². The summed E-state index contributed by atoms with van der Waals surface area (Å²) < 4.78 is 0. The molecule has 0 bridgehead atoms. The minimum Gasteiger partial charge on any atom is -0.391 e. The first-order valence-electron chi connectivity index (χ1n) is 24.4. The van der Waals surface area contributed by atoms with Crippen LogP contribution in [0.25, 0.3) is 10.4 Å². The topological polar surface area (TPSA) is 230 Å². The molecule has 1 aromatic heterocycles. The van der Waals surface area contributed by atoms with Crippen LogP contribution in [-0.4, -0.2) is 93.3 Å². The number of unbranched alkanes of at least 4 members (excludes halogenated alkanes) is 1. The van der Waals surface area contributed by atoms with Crippen LogP contribution < -0.4 is 32.3 Å². The van der Waals surface area contributed by atoms with E-state index in [1.807, 2.05) is 75.7 Å². The summed E-state index contributed by atoms with van der Waals surface area (Å²) in [5.74, 6) is -1.92. The third-order valence-corrected chi connectivity index (χ3v) is 14.7. The second kappa shape index (κ2) is 22.6. The van der Waals surface area contributed by atoms with Crippen molar-refractivity contribution in [3.63, 3.8) is 0 Å². The Morgan fingerprint density at radius 2 is 1.54 bits per heavy atom. The zero-order valence-corrected chi connectivity index (χ0v) is 41.1. The number of thiazole rings is 1. The number of benzene rings is 3. The van der Waals surface area contributed by atoms with Gasteiger partial charge in [-0.1, -0.05) is 87.5 Å². The Bertz CT molecular complexity index is 2490. The number of likely N-dealkylation sites (tertiary alicyclic amines) is 1. The molecule has 69 heavy (non-hydrogen) atoms. The number of nitrogens with zero attached hydrogens (tertiary/aromatic N) is 3. The van der Waals surface area contributed by atoms with Gasteiger partial charge < -0.3 is 37.4 Å². The molecule has 0 radical (unpaired) electrons. The number of anilines is 1. The largest absolute Gasteiger partial charge is 0.391 e. The van der Waals surface area contributed by atoms with Crippen LogP contribution in [-0.2, 0) is 61.0 Å². The van der Waals surface area contributed by atoms with E-state index in [2.05, 4.69) is 45.2 Å². The number of nitrogens with two attached hydrogens (primary N) is 2. The van der Waals surface area contributed by atoms with E-state index < -0.39 is 47.5 Å². The summed E-state index contributed by atoms with van der Waals surface area (Å²) in [7, 11) is 0. The van der Waals surface area contributed by atoms with Crippen LogP contribution in [0.15, 0.2) is 72.2 Å². The number of para-hydroxylation sites is 1. The van der Waals surface area contributed by atoms with Crippen molar-refractivity contribution in [2.24, 2.45) is 16.9 Å². The zero-order valence-electron chi connectivity index (χ0n) is 40.3. The third kappa shape index (κ3) is 12.8. The summed E-state index contributed by atoms with van der Waals surface area (Å²) in [6.45, 7) is 7.86. The predicted molar refractivity (Wildman–Crippen MR) is 267 cm³/mol. The number of hydrogen-bond donors (Lipinski definition) is 6. The summed E-state index contributed by atoms with van der Waals surface area (Å²) in [6.07, 6.45) is 5.93. The number of aromatic nitrogens is 1. The zero-order chi connectivity index (χ0) is 49.4. The normalized spacial score (nSPS) is 19.7. The highest BCUT2D eigenvalue weighted by atomic mass is 32.1. The summed E-state index contributed by atoms with van der Waals surface area (Å²) >= 11 is 1.57. The van der Waals surface area contributed by atoms with Crippen molar-refractivity contribution in [1.82, 2.24) is 25.8 Å². The molecule has 15 nitrogen and oxygen atoms in total. The lowest BCUT2D eigenvalue weighted by molar-refractivity contribution is -0.144. The van der Waals surface area contributed by atoms with E-state index in [1.165, 1.54) is 4.90 Å². The molecule has 7 rings (SSSR count). The first kappa shape index (κ1) is 50.9. The van der Waals surface area contributed by atoms with Gasteiger partial charge in [0.15, 0.2) is 0 Å². The Hall–Kier alpha value is -5.97. The molecule has 4 aromatic rings. The lowest BCUT2D eigenvalue weighted by Crippen LogP contribution is -2.57. The average molecular weight is 961 g/mol. The summed E-state index contributed by atoms with van der Waals surface area (Å²) in [5.41, 5.74) is 20.9.